The summed E-state index contributed by atoms with van der Waals surface area (Å²) in [5.41, 5.74) is 0.592. The number of rotatable bonds is 4. The lowest BCUT2D eigenvalue weighted by molar-refractivity contribution is -0.141. The zero-order valence-electron chi connectivity index (χ0n) is 11.5. The van der Waals surface area contributed by atoms with E-state index < -0.39 is 11.9 Å². The lowest BCUT2D eigenvalue weighted by Gasteiger charge is -2.30. The summed E-state index contributed by atoms with van der Waals surface area (Å²) in [4.78, 5) is 28.5. The van der Waals surface area contributed by atoms with Crippen molar-refractivity contribution in [3.8, 4) is 0 Å². The highest BCUT2D eigenvalue weighted by molar-refractivity contribution is 8.03. The van der Waals surface area contributed by atoms with Gasteiger partial charge >= 0.3 is 11.9 Å². The number of hydrogen-bond donors (Lipinski definition) is 0. The van der Waals surface area contributed by atoms with Crippen LogP contribution in [0.5, 0.6) is 0 Å². The molecule has 0 fully saturated rings. The molecule has 0 aromatic rings. The zero-order chi connectivity index (χ0) is 14.5. The Hall–Kier alpha value is -1.56. The van der Waals surface area contributed by atoms with E-state index in [-0.39, 0.29) is 30.1 Å². The average Bonchev–Trinajstić information content (AvgIpc) is 2.46. The molecule has 0 amide bonds. The Balaban J connectivity index is 2.39. The van der Waals surface area contributed by atoms with Gasteiger partial charge in [0, 0.05) is 6.21 Å². The normalized spacial score (nSPS) is 24.3. The molecule has 2 atom stereocenters. The molecule has 6 heteroatoms. The van der Waals surface area contributed by atoms with E-state index in [4.69, 9.17) is 9.47 Å². The van der Waals surface area contributed by atoms with Crippen molar-refractivity contribution < 1.29 is 19.1 Å². The maximum Gasteiger partial charge on any atom is 0.340 e. The van der Waals surface area contributed by atoms with Gasteiger partial charge in [0.1, 0.15) is 0 Å². The molecule has 0 saturated carbocycles. The van der Waals surface area contributed by atoms with Gasteiger partial charge in [-0.25, -0.2) is 9.59 Å². The van der Waals surface area contributed by atoms with Crippen molar-refractivity contribution in [2.24, 2.45) is 4.99 Å². The van der Waals surface area contributed by atoms with Crippen LogP contribution in [0.25, 0.3) is 0 Å². The van der Waals surface area contributed by atoms with Crippen molar-refractivity contribution in [2.75, 3.05) is 13.2 Å². The van der Waals surface area contributed by atoms with Crippen molar-refractivity contribution in [3.05, 3.63) is 22.6 Å². The van der Waals surface area contributed by atoms with E-state index >= 15 is 0 Å². The molecule has 0 radical (unpaired) electrons. The molecule has 0 N–H and O–H groups in total. The van der Waals surface area contributed by atoms with Gasteiger partial charge in [0.05, 0.1) is 35.7 Å². The second kappa shape index (κ2) is 6.74. The van der Waals surface area contributed by atoms with Gasteiger partial charge in [0.25, 0.3) is 0 Å². The van der Waals surface area contributed by atoms with E-state index in [1.165, 1.54) is 18.0 Å². The Kier molecular flexibility index (Phi) is 5.00. The number of aliphatic imine (C=N–C) groups is 1. The van der Waals surface area contributed by atoms with E-state index in [2.05, 4.69) is 4.99 Å². The SMILES string of the molecule is CCOC(=O)C1=C(C(=O)OCC)C2SC=CCC2N=C1. The molecule has 2 aliphatic heterocycles. The lowest BCUT2D eigenvalue weighted by Crippen LogP contribution is -2.35. The van der Waals surface area contributed by atoms with Crippen molar-refractivity contribution in [1.82, 2.24) is 0 Å². The highest BCUT2D eigenvalue weighted by Crippen LogP contribution is 2.36. The topological polar surface area (TPSA) is 65.0 Å². The monoisotopic (exact) mass is 295 g/mol. The minimum Gasteiger partial charge on any atom is -0.463 e. The second-order valence-electron chi connectivity index (χ2n) is 4.28. The third kappa shape index (κ3) is 2.95. The zero-order valence-corrected chi connectivity index (χ0v) is 12.3. The lowest BCUT2D eigenvalue weighted by atomic mass is 9.95. The van der Waals surface area contributed by atoms with E-state index in [1.54, 1.807) is 13.8 Å². The first-order valence-electron chi connectivity index (χ1n) is 6.61. The number of ether oxygens (including phenoxy) is 2. The van der Waals surface area contributed by atoms with Crippen LogP contribution >= 0.6 is 11.8 Å². The third-order valence-electron chi connectivity index (χ3n) is 3.01. The van der Waals surface area contributed by atoms with Crippen molar-refractivity contribution in [2.45, 2.75) is 31.6 Å². The predicted molar refractivity (Wildman–Crippen MR) is 77.7 cm³/mol. The number of thioether (sulfide) groups is 1. The summed E-state index contributed by atoms with van der Waals surface area (Å²) in [6.07, 6.45) is 4.22. The van der Waals surface area contributed by atoms with E-state index in [0.717, 1.165) is 6.42 Å². The maximum absolute atomic E-state index is 12.2. The minimum absolute atomic E-state index is 0.0254. The smallest absolute Gasteiger partial charge is 0.340 e. The van der Waals surface area contributed by atoms with Crippen LogP contribution in [0.15, 0.2) is 27.6 Å². The first-order chi connectivity index (χ1) is 9.69. The number of hydrogen-bond acceptors (Lipinski definition) is 6. The van der Waals surface area contributed by atoms with Gasteiger partial charge in [-0.1, -0.05) is 6.08 Å². The molecular formula is C14H17NO4S. The Labute approximate surface area is 122 Å². The Morgan fingerprint density at radius 1 is 1.30 bits per heavy atom. The molecule has 0 aromatic heterocycles. The molecule has 0 bridgehead atoms. The summed E-state index contributed by atoms with van der Waals surface area (Å²) < 4.78 is 10.1. The Morgan fingerprint density at radius 3 is 2.70 bits per heavy atom. The number of esters is 2. The van der Waals surface area contributed by atoms with Gasteiger partial charge in [-0.2, -0.15) is 0 Å². The maximum atomic E-state index is 12.2. The summed E-state index contributed by atoms with van der Waals surface area (Å²) in [7, 11) is 0. The Morgan fingerprint density at radius 2 is 2.00 bits per heavy atom. The molecule has 5 nitrogen and oxygen atoms in total. The molecule has 0 aromatic carbocycles. The van der Waals surface area contributed by atoms with Gasteiger partial charge in [-0.3, -0.25) is 4.99 Å². The fourth-order valence-corrected chi connectivity index (χ4v) is 3.26. The minimum atomic E-state index is -0.520. The van der Waals surface area contributed by atoms with Crippen LogP contribution in [0.4, 0.5) is 0 Å². The van der Waals surface area contributed by atoms with Crippen LogP contribution in [0, 0.1) is 0 Å². The first-order valence-corrected chi connectivity index (χ1v) is 7.55. The molecule has 2 rings (SSSR count). The van der Waals surface area contributed by atoms with Crippen LogP contribution in [0.3, 0.4) is 0 Å². The average molecular weight is 295 g/mol. The van der Waals surface area contributed by atoms with Crippen LogP contribution < -0.4 is 0 Å². The third-order valence-corrected chi connectivity index (χ3v) is 4.20. The van der Waals surface area contributed by atoms with Crippen molar-refractivity contribution >= 4 is 29.9 Å². The molecular weight excluding hydrogens is 278 g/mol. The van der Waals surface area contributed by atoms with E-state index in [0.29, 0.717) is 5.57 Å². The predicted octanol–water partition coefficient (Wildman–Crippen LogP) is 1.88. The molecule has 2 unspecified atom stereocenters. The number of carbonyl (C=O) groups excluding carboxylic acids is 2. The van der Waals surface area contributed by atoms with Gasteiger partial charge in [0.15, 0.2) is 0 Å². The summed E-state index contributed by atoms with van der Waals surface area (Å²) in [5.74, 6) is -0.979. The molecule has 2 aliphatic rings. The number of dihydropyridines is 1. The van der Waals surface area contributed by atoms with E-state index in [1.807, 2.05) is 11.5 Å². The van der Waals surface area contributed by atoms with Crippen LogP contribution in [-0.2, 0) is 19.1 Å². The number of fused-ring (bicyclic) bond motifs is 1. The van der Waals surface area contributed by atoms with Gasteiger partial charge in [-0.05, 0) is 25.7 Å². The fourth-order valence-electron chi connectivity index (χ4n) is 2.15. The molecule has 0 spiro atoms. The highest BCUT2D eigenvalue weighted by Gasteiger charge is 2.37. The summed E-state index contributed by atoms with van der Waals surface area (Å²) in [6, 6.07) is -0.0254. The Bertz CT molecular complexity index is 495. The first kappa shape index (κ1) is 14.8. The highest BCUT2D eigenvalue weighted by atomic mass is 32.2. The number of nitrogens with zero attached hydrogens (tertiary/aromatic N) is 1. The standard InChI is InChI=1S/C14H17NO4S/c1-3-18-13(16)9-8-15-10-6-5-7-20-12(10)11(9)14(17)19-4-2/h5,7-8,10,12H,3-4,6H2,1-2H3. The van der Waals surface area contributed by atoms with Gasteiger partial charge in [0.2, 0.25) is 0 Å². The second-order valence-corrected chi connectivity index (χ2v) is 5.33. The number of carbonyl (C=O) groups is 2. The van der Waals surface area contributed by atoms with Gasteiger partial charge in [-0.15, -0.1) is 11.8 Å². The summed E-state index contributed by atoms with van der Waals surface area (Å²) >= 11 is 1.49. The van der Waals surface area contributed by atoms with Crippen molar-refractivity contribution in [1.29, 1.82) is 0 Å². The van der Waals surface area contributed by atoms with Crippen LogP contribution in [0.1, 0.15) is 20.3 Å². The van der Waals surface area contributed by atoms with Crippen LogP contribution in [0.2, 0.25) is 0 Å². The fraction of sp³-hybridized carbons (Fsp3) is 0.500. The molecule has 2 heterocycles. The molecule has 0 saturated heterocycles. The van der Waals surface area contributed by atoms with Gasteiger partial charge < -0.3 is 9.47 Å². The molecule has 0 aliphatic carbocycles. The van der Waals surface area contributed by atoms with E-state index in [9.17, 15) is 9.59 Å². The molecule has 20 heavy (non-hydrogen) atoms. The summed E-state index contributed by atoms with van der Waals surface area (Å²) in [6.45, 7) is 4.00. The van der Waals surface area contributed by atoms with Crippen LogP contribution in [-0.4, -0.2) is 42.7 Å². The largest absolute Gasteiger partial charge is 0.463 e. The summed E-state index contributed by atoms with van der Waals surface area (Å²) in [5, 5.41) is 1.76. The van der Waals surface area contributed by atoms with Crippen molar-refractivity contribution in [3.63, 3.8) is 0 Å². The molecule has 108 valence electrons. The quantitative estimate of drug-likeness (QED) is 0.741.